The molecule has 0 aliphatic heterocycles. The maximum Gasteiger partial charge on any atom is 0.182 e. The molecule has 3 heterocycles. The number of halogens is 1. The van der Waals surface area contributed by atoms with Gasteiger partial charge in [0.2, 0.25) is 0 Å². The molecule has 2 N–H and O–H groups in total. The van der Waals surface area contributed by atoms with Crippen LogP contribution in [0.2, 0.25) is 5.02 Å². The Morgan fingerprint density at radius 1 is 1.00 bits per heavy atom. The van der Waals surface area contributed by atoms with Crippen LogP contribution in [0.3, 0.4) is 0 Å². The highest BCUT2D eigenvalue weighted by molar-refractivity contribution is 6.30. The number of phenolic OH excluding ortho intramolecular Hbond substituents is 2. The van der Waals surface area contributed by atoms with E-state index < -0.39 is 0 Å². The minimum absolute atomic E-state index is 0.0682. The normalized spacial score (nSPS) is 11.5. The number of aromatic hydroxyl groups is 2. The van der Waals surface area contributed by atoms with E-state index in [0.29, 0.717) is 33.1 Å². The SMILES string of the molecule is Cc1ccc(Cl)cc1-n1ncc2c1ncn1nc(-c3cc(O)cc(O)c3)nc21. The van der Waals surface area contributed by atoms with Crippen LogP contribution >= 0.6 is 11.6 Å². The molecular formula is C19H13ClN6O2. The molecule has 2 aromatic carbocycles. The molecule has 138 valence electrons. The monoisotopic (exact) mass is 392 g/mol. The largest absolute Gasteiger partial charge is 0.508 e. The summed E-state index contributed by atoms with van der Waals surface area (Å²) >= 11 is 6.15. The van der Waals surface area contributed by atoms with Gasteiger partial charge in [-0.05, 0) is 36.8 Å². The molecule has 0 saturated heterocycles. The molecule has 0 amide bonds. The molecule has 8 nitrogen and oxygen atoms in total. The summed E-state index contributed by atoms with van der Waals surface area (Å²) in [7, 11) is 0. The lowest BCUT2D eigenvalue weighted by Crippen LogP contribution is -2.01. The van der Waals surface area contributed by atoms with Gasteiger partial charge in [0, 0.05) is 16.7 Å². The molecule has 3 aromatic heterocycles. The number of phenols is 2. The Kier molecular flexibility index (Phi) is 3.50. The van der Waals surface area contributed by atoms with E-state index in [-0.39, 0.29) is 11.5 Å². The minimum atomic E-state index is -0.0682. The lowest BCUT2D eigenvalue weighted by Gasteiger charge is -2.07. The molecule has 28 heavy (non-hydrogen) atoms. The second-order valence-corrected chi connectivity index (χ2v) is 6.85. The van der Waals surface area contributed by atoms with Gasteiger partial charge in [-0.15, -0.1) is 5.10 Å². The maximum atomic E-state index is 9.72. The first-order chi connectivity index (χ1) is 13.5. The number of fused-ring (bicyclic) bond motifs is 3. The molecular weight excluding hydrogens is 380 g/mol. The van der Waals surface area contributed by atoms with Gasteiger partial charge < -0.3 is 10.2 Å². The van der Waals surface area contributed by atoms with Crippen LogP contribution in [-0.2, 0) is 0 Å². The number of rotatable bonds is 2. The lowest BCUT2D eigenvalue weighted by atomic mass is 10.2. The zero-order valence-electron chi connectivity index (χ0n) is 14.6. The third kappa shape index (κ3) is 2.54. The number of benzene rings is 2. The van der Waals surface area contributed by atoms with Crippen molar-refractivity contribution in [2.24, 2.45) is 0 Å². The number of nitrogens with zero attached hydrogens (tertiary/aromatic N) is 6. The Bertz CT molecular complexity index is 1350. The Labute approximate surface area is 163 Å². The zero-order valence-corrected chi connectivity index (χ0v) is 15.3. The fraction of sp³-hybridized carbons (Fsp3) is 0.0526. The van der Waals surface area contributed by atoms with E-state index in [1.54, 1.807) is 17.2 Å². The van der Waals surface area contributed by atoms with Crippen molar-refractivity contribution in [3.63, 3.8) is 0 Å². The fourth-order valence-electron chi connectivity index (χ4n) is 3.15. The summed E-state index contributed by atoms with van der Waals surface area (Å²) in [6.45, 7) is 1.97. The average Bonchev–Trinajstić information content (AvgIpc) is 3.26. The molecule has 0 aliphatic carbocycles. The first kappa shape index (κ1) is 16.5. The average molecular weight is 393 g/mol. The minimum Gasteiger partial charge on any atom is -0.508 e. The molecule has 0 spiro atoms. The lowest BCUT2D eigenvalue weighted by molar-refractivity contribution is 0.451. The van der Waals surface area contributed by atoms with Crippen molar-refractivity contribution in [3.05, 3.63) is 59.5 Å². The van der Waals surface area contributed by atoms with Crippen molar-refractivity contribution in [2.45, 2.75) is 6.92 Å². The quantitative estimate of drug-likeness (QED) is 0.476. The van der Waals surface area contributed by atoms with Crippen LogP contribution < -0.4 is 0 Å². The smallest absolute Gasteiger partial charge is 0.182 e. The van der Waals surface area contributed by atoms with Gasteiger partial charge in [0.15, 0.2) is 17.1 Å². The third-order valence-electron chi connectivity index (χ3n) is 4.47. The van der Waals surface area contributed by atoms with E-state index in [0.717, 1.165) is 11.3 Å². The van der Waals surface area contributed by atoms with Gasteiger partial charge in [-0.3, -0.25) is 0 Å². The van der Waals surface area contributed by atoms with Gasteiger partial charge >= 0.3 is 0 Å². The van der Waals surface area contributed by atoms with E-state index in [2.05, 4.69) is 20.2 Å². The van der Waals surface area contributed by atoms with Gasteiger partial charge in [-0.1, -0.05) is 17.7 Å². The summed E-state index contributed by atoms with van der Waals surface area (Å²) < 4.78 is 3.25. The van der Waals surface area contributed by atoms with Gasteiger partial charge in [0.1, 0.15) is 17.8 Å². The van der Waals surface area contributed by atoms with Crippen molar-refractivity contribution in [1.29, 1.82) is 0 Å². The van der Waals surface area contributed by atoms with E-state index in [1.165, 1.54) is 22.7 Å². The van der Waals surface area contributed by atoms with Crippen LogP contribution in [0.15, 0.2) is 48.9 Å². The summed E-state index contributed by atoms with van der Waals surface area (Å²) in [5.74, 6) is 0.218. The second-order valence-electron chi connectivity index (χ2n) is 6.41. The van der Waals surface area contributed by atoms with Crippen molar-refractivity contribution >= 4 is 28.3 Å². The maximum absolute atomic E-state index is 9.72. The Morgan fingerprint density at radius 2 is 1.79 bits per heavy atom. The molecule has 0 atom stereocenters. The Morgan fingerprint density at radius 3 is 2.57 bits per heavy atom. The van der Waals surface area contributed by atoms with Gasteiger partial charge in [-0.25, -0.2) is 19.2 Å². The number of hydrogen-bond acceptors (Lipinski definition) is 6. The van der Waals surface area contributed by atoms with Crippen LogP contribution in [0.5, 0.6) is 11.5 Å². The van der Waals surface area contributed by atoms with Crippen molar-refractivity contribution in [3.8, 4) is 28.6 Å². The summed E-state index contributed by atoms with van der Waals surface area (Å²) in [5, 5.41) is 29.6. The van der Waals surface area contributed by atoms with Gasteiger partial charge in [0.25, 0.3) is 0 Å². The summed E-state index contributed by atoms with van der Waals surface area (Å²) in [4.78, 5) is 9.03. The highest BCUT2D eigenvalue weighted by Gasteiger charge is 2.16. The van der Waals surface area contributed by atoms with Crippen molar-refractivity contribution in [2.75, 3.05) is 0 Å². The molecule has 5 aromatic rings. The third-order valence-corrected chi connectivity index (χ3v) is 4.70. The van der Waals surface area contributed by atoms with Gasteiger partial charge in [0.05, 0.1) is 17.3 Å². The van der Waals surface area contributed by atoms with Gasteiger partial charge in [-0.2, -0.15) is 5.10 Å². The first-order valence-electron chi connectivity index (χ1n) is 8.38. The standard InChI is InChI=1S/C19H13ClN6O2/c1-10-2-3-12(20)6-16(10)26-18-15(8-22-26)19-23-17(24-25(19)9-21-18)11-4-13(27)7-14(28)5-11/h2-9,27-28H,1H3. The Hall–Kier alpha value is -3.65. The second kappa shape index (κ2) is 5.93. The predicted molar refractivity (Wildman–Crippen MR) is 104 cm³/mol. The molecule has 0 aliphatic rings. The molecule has 0 unspecified atom stereocenters. The van der Waals surface area contributed by atoms with Crippen LogP contribution in [0.1, 0.15) is 5.56 Å². The number of aryl methyl sites for hydroxylation is 1. The number of aromatic nitrogens is 6. The van der Waals surface area contributed by atoms with Crippen LogP contribution in [0.4, 0.5) is 0 Å². The highest BCUT2D eigenvalue weighted by Crippen LogP contribution is 2.29. The van der Waals surface area contributed by atoms with Crippen molar-refractivity contribution in [1.82, 2.24) is 29.4 Å². The van der Waals surface area contributed by atoms with E-state index >= 15 is 0 Å². The van der Waals surface area contributed by atoms with E-state index in [9.17, 15) is 10.2 Å². The molecule has 0 fully saturated rings. The zero-order chi connectivity index (χ0) is 19.4. The molecule has 0 bridgehead atoms. The highest BCUT2D eigenvalue weighted by atomic mass is 35.5. The van der Waals surface area contributed by atoms with E-state index in [1.807, 2.05) is 25.1 Å². The molecule has 0 saturated carbocycles. The van der Waals surface area contributed by atoms with Crippen LogP contribution in [0, 0.1) is 6.92 Å². The van der Waals surface area contributed by atoms with Crippen LogP contribution in [-0.4, -0.2) is 39.6 Å². The predicted octanol–water partition coefficient (Wildman–Crippen LogP) is 3.50. The van der Waals surface area contributed by atoms with E-state index in [4.69, 9.17) is 11.6 Å². The summed E-state index contributed by atoms with van der Waals surface area (Å²) in [6.07, 6.45) is 3.23. The molecule has 9 heteroatoms. The Balaban J connectivity index is 1.72. The summed E-state index contributed by atoms with van der Waals surface area (Å²) in [6, 6.07) is 9.80. The fourth-order valence-corrected chi connectivity index (χ4v) is 3.32. The topological polar surface area (TPSA) is 101 Å². The number of hydrogen-bond donors (Lipinski definition) is 2. The van der Waals surface area contributed by atoms with Crippen molar-refractivity contribution < 1.29 is 10.2 Å². The summed E-state index contributed by atoms with van der Waals surface area (Å²) in [5.41, 5.74) is 3.52. The molecule has 0 radical (unpaired) electrons. The first-order valence-corrected chi connectivity index (χ1v) is 8.76. The van der Waals surface area contributed by atoms with Crippen LogP contribution in [0.25, 0.3) is 33.8 Å². The molecule has 5 rings (SSSR count).